The molecule has 0 aliphatic carbocycles. The van der Waals surface area contributed by atoms with Crippen molar-refractivity contribution in [2.24, 2.45) is 0 Å². The Kier molecular flexibility index (Phi) is 2.83. The lowest BCUT2D eigenvalue weighted by molar-refractivity contribution is 0.0694. The molecular formula is C12H13N3O4. The molecule has 1 saturated heterocycles. The summed E-state index contributed by atoms with van der Waals surface area (Å²) in [6.45, 7) is 1.37. The van der Waals surface area contributed by atoms with Crippen molar-refractivity contribution in [3.05, 3.63) is 33.9 Å². The van der Waals surface area contributed by atoms with E-state index in [2.05, 4.69) is 10.1 Å². The number of ether oxygens (including phenoxy) is 1. The largest absolute Gasteiger partial charge is 0.477 e. The SMILES string of the molecule is O=C(O)c1c[nH]c2cc(C3CCOCC3)nn2c1=O. The highest BCUT2D eigenvalue weighted by Crippen LogP contribution is 2.25. The lowest BCUT2D eigenvalue weighted by Gasteiger charge is -2.19. The van der Waals surface area contributed by atoms with Crippen molar-refractivity contribution in [1.29, 1.82) is 0 Å². The minimum atomic E-state index is -1.26. The normalized spacial score (nSPS) is 16.8. The average molecular weight is 263 g/mol. The summed E-state index contributed by atoms with van der Waals surface area (Å²) in [5.74, 6) is -0.999. The molecule has 0 spiro atoms. The number of nitrogens with one attached hydrogen (secondary N) is 1. The molecule has 1 aliphatic rings. The van der Waals surface area contributed by atoms with Crippen LogP contribution in [0.3, 0.4) is 0 Å². The minimum absolute atomic E-state index is 0.259. The van der Waals surface area contributed by atoms with E-state index in [9.17, 15) is 9.59 Å². The first-order chi connectivity index (χ1) is 9.16. The zero-order valence-corrected chi connectivity index (χ0v) is 10.1. The first-order valence-corrected chi connectivity index (χ1v) is 6.09. The number of carboxylic acid groups (broad SMARTS) is 1. The Hall–Kier alpha value is -2.15. The number of carbonyl (C=O) groups is 1. The highest BCUT2D eigenvalue weighted by atomic mass is 16.5. The van der Waals surface area contributed by atoms with Gasteiger partial charge in [-0.05, 0) is 12.8 Å². The van der Waals surface area contributed by atoms with Crippen molar-refractivity contribution in [2.75, 3.05) is 13.2 Å². The maximum Gasteiger partial charge on any atom is 0.342 e. The second kappa shape index (κ2) is 4.51. The molecule has 3 heterocycles. The zero-order valence-electron chi connectivity index (χ0n) is 10.1. The Balaban J connectivity index is 2.08. The number of hydrogen-bond acceptors (Lipinski definition) is 4. The Morgan fingerprint density at radius 3 is 2.89 bits per heavy atom. The number of fused-ring (bicyclic) bond motifs is 1. The third-order valence-electron chi connectivity index (χ3n) is 3.39. The standard InChI is InChI=1S/C12H13N3O4/c16-11-8(12(17)18)6-13-10-5-9(14-15(10)11)7-1-3-19-4-2-7/h5-7,13H,1-4H2,(H,17,18). The maximum atomic E-state index is 11.9. The molecule has 3 rings (SSSR count). The predicted molar refractivity (Wildman–Crippen MR) is 65.6 cm³/mol. The summed E-state index contributed by atoms with van der Waals surface area (Å²) >= 11 is 0. The predicted octanol–water partition coefficient (Wildman–Crippen LogP) is 0.615. The van der Waals surface area contributed by atoms with Crippen LogP contribution in [0.2, 0.25) is 0 Å². The number of aromatic amines is 1. The third-order valence-corrected chi connectivity index (χ3v) is 3.39. The van der Waals surface area contributed by atoms with Crippen LogP contribution in [0.15, 0.2) is 17.1 Å². The van der Waals surface area contributed by atoms with Crippen molar-refractivity contribution < 1.29 is 14.6 Å². The van der Waals surface area contributed by atoms with Crippen LogP contribution in [-0.4, -0.2) is 38.9 Å². The van der Waals surface area contributed by atoms with E-state index in [0.717, 1.165) is 23.1 Å². The van der Waals surface area contributed by atoms with Crippen LogP contribution in [0.4, 0.5) is 0 Å². The molecule has 0 atom stereocenters. The molecule has 2 aromatic rings. The molecule has 0 amide bonds. The molecule has 0 unspecified atom stereocenters. The fourth-order valence-electron chi connectivity index (χ4n) is 2.33. The minimum Gasteiger partial charge on any atom is -0.477 e. The molecule has 1 aliphatic heterocycles. The molecular weight excluding hydrogens is 250 g/mol. The van der Waals surface area contributed by atoms with Crippen molar-refractivity contribution in [3.8, 4) is 0 Å². The summed E-state index contributed by atoms with van der Waals surface area (Å²) in [6.07, 6.45) is 2.93. The number of hydrogen-bond donors (Lipinski definition) is 2. The zero-order chi connectivity index (χ0) is 13.4. The van der Waals surface area contributed by atoms with E-state index in [1.54, 1.807) is 6.07 Å². The van der Waals surface area contributed by atoms with Crippen molar-refractivity contribution in [3.63, 3.8) is 0 Å². The monoisotopic (exact) mass is 263 g/mol. The van der Waals surface area contributed by atoms with E-state index < -0.39 is 11.5 Å². The van der Waals surface area contributed by atoms with Gasteiger partial charge in [-0.3, -0.25) is 4.79 Å². The summed E-state index contributed by atoms with van der Waals surface area (Å²) in [6, 6.07) is 1.79. The van der Waals surface area contributed by atoms with Crippen LogP contribution in [0.5, 0.6) is 0 Å². The Labute approximate surface area is 107 Å². The molecule has 2 aromatic heterocycles. The molecule has 0 aromatic carbocycles. The number of aromatic carboxylic acids is 1. The van der Waals surface area contributed by atoms with Crippen molar-refractivity contribution in [2.45, 2.75) is 18.8 Å². The van der Waals surface area contributed by atoms with Gasteiger partial charge >= 0.3 is 5.97 Å². The van der Waals surface area contributed by atoms with E-state index in [1.807, 2.05) is 0 Å². The molecule has 0 bridgehead atoms. The van der Waals surface area contributed by atoms with Gasteiger partial charge in [-0.1, -0.05) is 0 Å². The van der Waals surface area contributed by atoms with Gasteiger partial charge in [-0.15, -0.1) is 0 Å². The second-order valence-electron chi connectivity index (χ2n) is 4.57. The van der Waals surface area contributed by atoms with E-state index in [0.29, 0.717) is 18.9 Å². The van der Waals surface area contributed by atoms with Crippen LogP contribution in [-0.2, 0) is 4.74 Å². The molecule has 100 valence electrons. The Bertz CT molecular complexity index is 682. The van der Waals surface area contributed by atoms with E-state index in [4.69, 9.17) is 9.84 Å². The van der Waals surface area contributed by atoms with Crippen LogP contribution in [0.1, 0.15) is 34.8 Å². The summed E-state index contributed by atoms with van der Waals surface area (Å²) in [5.41, 5.74) is 0.393. The second-order valence-corrected chi connectivity index (χ2v) is 4.57. The molecule has 7 heteroatoms. The van der Waals surface area contributed by atoms with Gasteiger partial charge in [0.05, 0.1) is 5.69 Å². The molecule has 7 nitrogen and oxygen atoms in total. The fourth-order valence-corrected chi connectivity index (χ4v) is 2.33. The summed E-state index contributed by atoms with van der Waals surface area (Å²) < 4.78 is 6.41. The molecule has 1 fully saturated rings. The quantitative estimate of drug-likeness (QED) is 0.827. The highest BCUT2D eigenvalue weighted by molar-refractivity contribution is 5.86. The summed E-state index contributed by atoms with van der Waals surface area (Å²) in [4.78, 5) is 25.6. The third kappa shape index (κ3) is 2.01. The van der Waals surface area contributed by atoms with Gasteiger partial charge in [0.15, 0.2) is 0 Å². The first-order valence-electron chi connectivity index (χ1n) is 6.09. The molecule has 0 saturated carbocycles. The number of carboxylic acids is 1. The van der Waals surface area contributed by atoms with Crippen LogP contribution >= 0.6 is 0 Å². The molecule has 0 radical (unpaired) electrons. The van der Waals surface area contributed by atoms with Gasteiger partial charge in [0.1, 0.15) is 11.2 Å². The van der Waals surface area contributed by atoms with Crippen LogP contribution < -0.4 is 5.56 Å². The van der Waals surface area contributed by atoms with E-state index in [1.165, 1.54) is 6.20 Å². The smallest absolute Gasteiger partial charge is 0.342 e. The van der Waals surface area contributed by atoms with Gasteiger partial charge in [0.25, 0.3) is 5.56 Å². The van der Waals surface area contributed by atoms with Gasteiger partial charge < -0.3 is 14.8 Å². The fraction of sp³-hybridized carbons (Fsp3) is 0.417. The Morgan fingerprint density at radius 1 is 1.47 bits per heavy atom. The van der Waals surface area contributed by atoms with Gasteiger partial charge in [0, 0.05) is 31.4 Å². The van der Waals surface area contributed by atoms with Crippen LogP contribution in [0.25, 0.3) is 5.65 Å². The van der Waals surface area contributed by atoms with Gasteiger partial charge in [0.2, 0.25) is 0 Å². The van der Waals surface area contributed by atoms with Gasteiger partial charge in [-0.2, -0.15) is 9.61 Å². The summed E-state index contributed by atoms with van der Waals surface area (Å²) in [5, 5.41) is 13.1. The first kappa shape index (κ1) is 11.9. The average Bonchev–Trinajstić information content (AvgIpc) is 2.85. The van der Waals surface area contributed by atoms with Crippen LogP contribution in [0, 0.1) is 0 Å². The number of aromatic nitrogens is 3. The lowest BCUT2D eigenvalue weighted by Crippen LogP contribution is -2.23. The topological polar surface area (TPSA) is 96.7 Å². The van der Waals surface area contributed by atoms with Gasteiger partial charge in [-0.25, -0.2) is 4.79 Å². The Morgan fingerprint density at radius 2 is 2.21 bits per heavy atom. The van der Waals surface area contributed by atoms with E-state index in [-0.39, 0.29) is 11.5 Å². The van der Waals surface area contributed by atoms with E-state index >= 15 is 0 Å². The molecule has 19 heavy (non-hydrogen) atoms. The molecule has 2 N–H and O–H groups in total. The van der Waals surface area contributed by atoms with Crippen molar-refractivity contribution in [1.82, 2.24) is 14.6 Å². The maximum absolute atomic E-state index is 11.9. The summed E-state index contributed by atoms with van der Waals surface area (Å²) in [7, 11) is 0. The van der Waals surface area contributed by atoms with Crippen molar-refractivity contribution >= 4 is 11.6 Å². The number of rotatable bonds is 2. The number of nitrogens with zero attached hydrogens (tertiary/aromatic N) is 2. The lowest BCUT2D eigenvalue weighted by atomic mass is 9.97. The number of H-pyrrole nitrogens is 1. The highest BCUT2D eigenvalue weighted by Gasteiger charge is 2.20.